The number of carbonyl (C=O) groups excluding carboxylic acids is 2. The lowest BCUT2D eigenvalue weighted by Gasteiger charge is -2.38. The number of ether oxygens (including phenoxy) is 2. The molecule has 5 rings (SSSR count). The Morgan fingerprint density at radius 2 is 2.11 bits per heavy atom. The van der Waals surface area contributed by atoms with Crippen molar-refractivity contribution in [2.24, 2.45) is 17.8 Å². The van der Waals surface area contributed by atoms with E-state index in [0.29, 0.717) is 43.1 Å². The van der Waals surface area contributed by atoms with Gasteiger partial charge in [0.2, 0.25) is 0 Å². The maximum Gasteiger partial charge on any atom is 0.410 e. The van der Waals surface area contributed by atoms with Gasteiger partial charge in [0.25, 0.3) is 5.91 Å². The minimum atomic E-state index is -0.451. The molecule has 1 N–H and O–H groups in total. The van der Waals surface area contributed by atoms with Crippen LogP contribution in [0.25, 0.3) is 5.65 Å². The van der Waals surface area contributed by atoms with Crippen molar-refractivity contribution in [3.63, 3.8) is 0 Å². The second kappa shape index (κ2) is 6.48. The first-order valence-corrected chi connectivity index (χ1v) is 9.79. The fourth-order valence-corrected chi connectivity index (χ4v) is 4.46. The number of pyridine rings is 1. The molecule has 2 amide bonds. The number of hydrogen-bond donors (Lipinski definition) is 1. The highest BCUT2D eigenvalue weighted by Gasteiger charge is 2.56. The molecule has 1 aliphatic carbocycles. The Hall–Kier alpha value is -2.61. The van der Waals surface area contributed by atoms with Gasteiger partial charge in [0.15, 0.2) is 5.60 Å². The first-order chi connectivity index (χ1) is 13.5. The smallest absolute Gasteiger partial charge is 0.410 e. The number of hydrogen-bond acceptors (Lipinski definition) is 5. The summed E-state index contributed by atoms with van der Waals surface area (Å²) in [6, 6.07) is 3.63. The van der Waals surface area contributed by atoms with E-state index in [4.69, 9.17) is 9.47 Å². The zero-order valence-corrected chi connectivity index (χ0v) is 15.8. The van der Waals surface area contributed by atoms with Crippen LogP contribution in [-0.2, 0) is 9.47 Å². The third kappa shape index (κ3) is 3.11. The molecule has 2 aromatic heterocycles. The average Bonchev–Trinajstić information content (AvgIpc) is 3.06. The average molecular weight is 384 g/mol. The van der Waals surface area contributed by atoms with Crippen molar-refractivity contribution in [3.05, 3.63) is 36.3 Å². The van der Waals surface area contributed by atoms with Crippen LogP contribution in [0.1, 0.15) is 23.7 Å². The zero-order valence-electron chi connectivity index (χ0n) is 15.8. The van der Waals surface area contributed by atoms with E-state index in [2.05, 4.69) is 10.3 Å². The minimum Gasteiger partial charge on any atom is -0.438 e. The molecule has 3 aliphatic rings. The fraction of sp³-hybridized carbons (Fsp3) is 0.550. The number of piperidine rings is 1. The Bertz CT molecular complexity index is 910. The molecule has 0 aromatic carbocycles. The molecular weight excluding hydrogens is 360 g/mol. The highest BCUT2D eigenvalue weighted by Crippen LogP contribution is 2.53. The predicted molar refractivity (Wildman–Crippen MR) is 99.9 cm³/mol. The number of carbonyl (C=O) groups is 2. The van der Waals surface area contributed by atoms with Gasteiger partial charge in [-0.2, -0.15) is 0 Å². The molecule has 3 atom stereocenters. The first-order valence-electron chi connectivity index (χ1n) is 9.79. The largest absolute Gasteiger partial charge is 0.438 e. The maximum atomic E-state index is 12.3. The maximum absolute atomic E-state index is 12.3. The van der Waals surface area contributed by atoms with E-state index in [1.807, 2.05) is 28.5 Å². The van der Waals surface area contributed by atoms with Crippen LogP contribution in [0.3, 0.4) is 0 Å². The van der Waals surface area contributed by atoms with E-state index < -0.39 is 5.60 Å². The normalized spacial score (nSPS) is 27.2. The van der Waals surface area contributed by atoms with Crippen LogP contribution in [0.5, 0.6) is 0 Å². The highest BCUT2D eigenvalue weighted by atomic mass is 16.6. The van der Waals surface area contributed by atoms with Crippen molar-refractivity contribution >= 4 is 17.6 Å². The van der Waals surface area contributed by atoms with Gasteiger partial charge in [-0.1, -0.05) is 0 Å². The molecule has 2 saturated heterocycles. The summed E-state index contributed by atoms with van der Waals surface area (Å²) >= 11 is 0. The van der Waals surface area contributed by atoms with Crippen molar-refractivity contribution in [2.75, 3.05) is 32.8 Å². The van der Waals surface area contributed by atoms with Crippen LogP contribution in [0.15, 0.2) is 30.7 Å². The molecule has 8 heteroatoms. The van der Waals surface area contributed by atoms with Gasteiger partial charge in [-0.15, -0.1) is 0 Å². The van der Waals surface area contributed by atoms with Crippen LogP contribution < -0.4 is 5.32 Å². The van der Waals surface area contributed by atoms with Gasteiger partial charge in [-0.3, -0.25) is 4.79 Å². The monoisotopic (exact) mass is 384 g/mol. The molecule has 2 aromatic rings. The standard InChI is InChI=1S/C20H24N4O4/c1-20(11-27-12-20)28-19(26)24-9-15-14(16(15)10-24)4-5-22-18(25)13-2-3-17-21-6-7-23(17)8-13/h2-3,6-8,14-16H,4-5,9-12H2,1H3,(H,22,25)/t14?,15-,16+. The van der Waals surface area contributed by atoms with E-state index in [9.17, 15) is 9.59 Å². The number of nitrogens with one attached hydrogen (secondary N) is 1. The Morgan fingerprint density at radius 3 is 2.82 bits per heavy atom. The number of nitrogens with zero attached hydrogens (tertiary/aromatic N) is 3. The number of rotatable bonds is 5. The van der Waals surface area contributed by atoms with Gasteiger partial charge in [-0.25, -0.2) is 9.78 Å². The van der Waals surface area contributed by atoms with Gasteiger partial charge in [-0.05, 0) is 43.2 Å². The number of imidazole rings is 1. The Labute approximate surface area is 162 Å². The van der Waals surface area contributed by atoms with Gasteiger partial charge in [0.1, 0.15) is 5.65 Å². The Kier molecular flexibility index (Phi) is 4.04. The molecule has 28 heavy (non-hydrogen) atoms. The van der Waals surface area contributed by atoms with Crippen LogP contribution in [0, 0.1) is 17.8 Å². The van der Waals surface area contributed by atoms with E-state index in [1.165, 1.54) is 0 Å². The summed E-state index contributed by atoms with van der Waals surface area (Å²) in [5, 5.41) is 3.00. The van der Waals surface area contributed by atoms with Crippen LogP contribution in [-0.4, -0.2) is 64.7 Å². The van der Waals surface area contributed by atoms with Gasteiger partial charge >= 0.3 is 6.09 Å². The zero-order chi connectivity index (χ0) is 19.3. The van der Waals surface area contributed by atoms with Crippen LogP contribution in [0.4, 0.5) is 4.79 Å². The van der Waals surface area contributed by atoms with E-state index >= 15 is 0 Å². The predicted octanol–water partition coefficient (Wildman–Crippen LogP) is 1.56. The molecule has 2 aliphatic heterocycles. The number of fused-ring (bicyclic) bond motifs is 2. The second-order valence-electron chi connectivity index (χ2n) is 8.36. The summed E-state index contributed by atoms with van der Waals surface area (Å²) in [6.45, 7) is 5.04. The molecule has 148 valence electrons. The van der Waals surface area contributed by atoms with Crippen molar-refractivity contribution < 1.29 is 19.1 Å². The van der Waals surface area contributed by atoms with Crippen LogP contribution >= 0.6 is 0 Å². The molecule has 0 spiro atoms. The lowest BCUT2D eigenvalue weighted by atomic mass is 10.1. The molecule has 8 nitrogen and oxygen atoms in total. The number of likely N-dealkylation sites (tertiary alicyclic amines) is 1. The summed E-state index contributed by atoms with van der Waals surface area (Å²) in [5.41, 5.74) is 1.00. The summed E-state index contributed by atoms with van der Waals surface area (Å²) in [4.78, 5) is 30.6. The molecular formula is C20H24N4O4. The Morgan fingerprint density at radius 1 is 1.32 bits per heavy atom. The van der Waals surface area contributed by atoms with Crippen LogP contribution in [0.2, 0.25) is 0 Å². The topological polar surface area (TPSA) is 85.2 Å². The third-order valence-electron chi connectivity index (χ3n) is 6.19. The molecule has 3 fully saturated rings. The molecule has 1 saturated carbocycles. The Balaban J connectivity index is 1.05. The quantitative estimate of drug-likeness (QED) is 0.846. The molecule has 1 unspecified atom stereocenters. The van der Waals surface area contributed by atoms with Crippen molar-refractivity contribution in [2.45, 2.75) is 18.9 Å². The van der Waals surface area contributed by atoms with Gasteiger partial charge in [0.05, 0.1) is 18.8 Å². The summed E-state index contributed by atoms with van der Waals surface area (Å²) in [6.07, 6.45) is 6.05. The number of aromatic nitrogens is 2. The highest BCUT2D eigenvalue weighted by molar-refractivity contribution is 5.94. The molecule has 0 bridgehead atoms. The SMILES string of the molecule is CC1(OC(=O)N2C[C@@H]3C(CCNC(=O)c4ccc5nccn5c4)[C@@H]3C2)COC1. The van der Waals surface area contributed by atoms with Gasteiger partial charge < -0.3 is 24.1 Å². The van der Waals surface area contributed by atoms with E-state index in [1.54, 1.807) is 18.5 Å². The lowest BCUT2D eigenvalue weighted by Crippen LogP contribution is -2.52. The van der Waals surface area contributed by atoms with Crippen molar-refractivity contribution in [1.29, 1.82) is 0 Å². The lowest BCUT2D eigenvalue weighted by molar-refractivity contribution is -0.171. The van der Waals surface area contributed by atoms with E-state index in [-0.39, 0.29) is 12.0 Å². The summed E-state index contributed by atoms with van der Waals surface area (Å²) < 4.78 is 12.5. The fourth-order valence-electron chi connectivity index (χ4n) is 4.46. The minimum absolute atomic E-state index is 0.0671. The summed E-state index contributed by atoms with van der Waals surface area (Å²) in [5.74, 6) is 1.60. The summed E-state index contributed by atoms with van der Waals surface area (Å²) in [7, 11) is 0. The second-order valence-corrected chi connectivity index (χ2v) is 8.36. The van der Waals surface area contributed by atoms with Crippen molar-refractivity contribution in [3.8, 4) is 0 Å². The van der Waals surface area contributed by atoms with Gasteiger partial charge in [0, 0.05) is 38.2 Å². The first kappa shape index (κ1) is 17.5. The number of amides is 2. The third-order valence-corrected chi connectivity index (χ3v) is 6.19. The van der Waals surface area contributed by atoms with E-state index in [0.717, 1.165) is 25.2 Å². The molecule has 0 radical (unpaired) electrons. The molecule has 4 heterocycles. The van der Waals surface area contributed by atoms with Crippen molar-refractivity contribution in [1.82, 2.24) is 19.6 Å².